The normalized spacial score (nSPS) is 11.0. The lowest BCUT2D eigenvalue weighted by Gasteiger charge is -2.11. The zero-order valence-corrected chi connectivity index (χ0v) is 9.88. The van der Waals surface area contributed by atoms with Crippen LogP contribution >= 0.6 is 0 Å². The molecule has 0 aromatic heterocycles. The van der Waals surface area contributed by atoms with Crippen molar-refractivity contribution in [1.82, 2.24) is 5.32 Å². The Morgan fingerprint density at radius 1 is 1.50 bits per heavy atom. The standard InChI is InChI=1S/C13H19N3/c1-4-11-6-5-7-13(10(11)2)16-9-12(14)8-15-3/h4-8,15-16H,1,9,14H2,2-3H3/b12-8-. The van der Waals surface area contributed by atoms with Gasteiger partial charge in [0.2, 0.25) is 0 Å². The Bertz CT molecular complexity index is 394. The van der Waals surface area contributed by atoms with Gasteiger partial charge in [-0.15, -0.1) is 0 Å². The third kappa shape index (κ3) is 3.05. The summed E-state index contributed by atoms with van der Waals surface area (Å²) in [6.45, 7) is 6.48. The second kappa shape index (κ2) is 5.85. The Kier molecular flexibility index (Phi) is 4.45. The largest absolute Gasteiger partial charge is 0.399 e. The number of nitrogens with one attached hydrogen (secondary N) is 2. The zero-order valence-electron chi connectivity index (χ0n) is 9.88. The highest BCUT2D eigenvalue weighted by atomic mass is 14.9. The number of hydrogen-bond acceptors (Lipinski definition) is 3. The van der Waals surface area contributed by atoms with E-state index in [1.165, 1.54) is 5.56 Å². The van der Waals surface area contributed by atoms with E-state index >= 15 is 0 Å². The Labute approximate surface area is 97.0 Å². The van der Waals surface area contributed by atoms with Crippen LogP contribution in [0.25, 0.3) is 6.08 Å². The van der Waals surface area contributed by atoms with Gasteiger partial charge in [0.25, 0.3) is 0 Å². The van der Waals surface area contributed by atoms with Crippen LogP contribution in [0.4, 0.5) is 5.69 Å². The van der Waals surface area contributed by atoms with Gasteiger partial charge in [-0.3, -0.25) is 0 Å². The van der Waals surface area contributed by atoms with E-state index in [4.69, 9.17) is 5.73 Å². The molecule has 0 bridgehead atoms. The van der Waals surface area contributed by atoms with E-state index in [-0.39, 0.29) is 0 Å². The fraction of sp³-hybridized carbons (Fsp3) is 0.231. The Morgan fingerprint density at radius 2 is 2.25 bits per heavy atom. The van der Waals surface area contributed by atoms with Crippen LogP contribution in [0.1, 0.15) is 11.1 Å². The maximum atomic E-state index is 5.77. The van der Waals surface area contributed by atoms with E-state index in [0.29, 0.717) is 6.54 Å². The van der Waals surface area contributed by atoms with Gasteiger partial charge in [0.05, 0.1) is 6.54 Å². The van der Waals surface area contributed by atoms with Crippen LogP contribution in [-0.4, -0.2) is 13.6 Å². The molecule has 0 aliphatic rings. The number of hydrogen-bond donors (Lipinski definition) is 3. The molecule has 1 aromatic rings. The molecular weight excluding hydrogens is 198 g/mol. The first kappa shape index (κ1) is 12.2. The van der Waals surface area contributed by atoms with Crippen LogP contribution in [0.3, 0.4) is 0 Å². The van der Waals surface area contributed by atoms with Crippen LogP contribution in [0, 0.1) is 6.92 Å². The average molecular weight is 217 g/mol. The lowest BCUT2D eigenvalue weighted by molar-refractivity contribution is 1.03. The molecule has 1 aromatic carbocycles. The summed E-state index contributed by atoms with van der Waals surface area (Å²) in [6.07, 6.45) is 3.63. The highest BCUT2D eigenvalue weighted by Crippen LogP contribution is 2.19. The van der Waals surface area contributed by atoms with Crippen molar-refractivity contribution in [3.63, 3.8) is 0 Å². The van der Waals surface area contributed by atoms with E-state index in [9.17, 15) is 0 Å². The van der Waals surface area contributed by atoms with Crippen molar-refractivity contribution in [2.75, 3.05) is 18.9 Å². The van der Waals surface area contributed by atoms with Gasteiger partial charge >= 0.3 is 0 Å². The second-order valence-electron chi connectivity index (χ2n) is 3.59. The van der Waals surface area contributed by atoms with Crippen molar-refractivity contribution in [1.29, 1.82) is 0 Å². The van der Waals surface area contributed by atoms with Crippen molar-refractivity contribution < 1.29 is 0 Å². The predicted molar refractivity (Wildman–Crippen MR) is 71.1 cm³/mol. The van der Waals surface area contributed by atoms with Gasteiger partial charge in [-0.1, -0.05) is 24.8 Å². The third-order valence-corrected chi connectivity index (χ3v) is 2.41. The summed E-state index contributed by atoms with van der Waals surface area (Å²) in [5.41, 5.74) is 9.96. The minimum Gasteiger partial charge on any atom is -0.399 e. The van der Waals surface area contributed by atoms with Crippen LogP contribution in [0.5, 0.6) is 0 Å². The summed E-state index contributed by atoms with van der Waals surface area (Å²) in [4.78, 5) is 0. The SMILES string of the molecule is C=Cc1cccc(NC/C(N)=C/NC)c1C. The molecule has 0 saturated heterocycles. The van der Waals surface area contributed by atoms with Gasteiger partial charge in [-0.25, -0.2) is 0 Å². The summed E-state index contributed by atoms with van der Waals surface area (Å²) in [7, 11) is 1.83. The Hall–Kier alpha value is -1.90. The minimum atomic E-state index is 0.627. The molecule has 0 saturated carbocycles. The number of anilines is 1. The molecule has 0 spiro atoms. The van der Waals surface area contributed by atoms with Gasteiger partial charge < -0.3 is 16.4 Å². The first-order valence-corrected chi connectivity index (χ1v) is 5.26. The van der Waals surface area contributed by atoms with Crippen LogP contribution in [-0.2, 0) is 0 Å². The van der Waals surface area contributed by atoms with Gasteiger partial charge in [-0.05, 0) is 24.1 Å². The van der Waals surface area contributed by atoms with E-state index in [0.717, 1.165) is 16.9 Å². The first-order chi connectivity index (χ1) is 7.69. The molecule has 0 aliphatic carbocycles. The van der Waals surface area contributed by atoms with Crippen molar-refractivity contribution in [3.05, 3.63) is 47.8 Å². The Morgan fingerprint density at radius 3 is 2.88 bits per heavy atom. The molecule has 0 unspecified atom stereocenters. The topological polar surface area (TPSA) is 50.1 Å². The van der Waals surface area contributed by atoms with Crippen molar-refractivity contribution in [2.24, 2.45) is 5.73 Å². The highest BCUT2D eigenvalue weighted by molar-refractivity contribution is 5.63. The molecule has 16 heavy (non-hydrogen) atoms. The lowest BCUT2D eigenvalue weighted by Crippen LogP contribution is -2.15. The maximum Gasteiger partial charge on any atom is 0.0560 e. The molecule has 1 rings (SSSR count). The molecule has 4 N–H and O–H groups in total. The average Bonchev–Trinajstić information content (AvgIpc) is 2.28. The molecule has 0 atom stereocenters. The summed E-state index contributed by atoms with van der Waals surface area (Å²) < 4.78 is 0. The van der Waals surface area contributed by atoms with Crippen molar-refractivity contribution in [2.45, 2.75) is 6.92 Å². The van der Waals surface area contributed by atoms with E-state index in [2.05, 4.69) is 24.1 Å². The molecule has 0 radical (unpaired) electrons. The van der Waals surface area contributed by atoms with E-state index in [1.807, 2.05) is 31.3 Å². The third-order valence-electron chi connectivity index (χ3n) is 2.41. The van der Waals surface area contributed by atoms with E-state index < -0.39 is 0 Å². The molecule has 3 nitrogen and oxygen atoms in total. The second-order valence-corrected chi connectivity index (χ2v) is 3.59. The van der Waals surface area contributed by atoms with E-state index in [1.54, 1.807) is 6.20 Å². The minimum absolute atomic E-state index is 0.627. The fourth-order valence-electron chi connectivity index (χ4n) is 1.50. The van der Waals surface area contributed by atoms with Gasteiger partial charge in [0.1, 0.15) is 0 Å². The van der Waals surface area contributed by atoms with Gasteiger partial charge in [0.15, 0.2) is 0 Å². The maximum absolute atomic E-state index is 5.77. The molecule has 0 amide bonds. The predicted octanol–water partition coefficient (Wildman–Crippen LogP) is 2.07. The summed E-state index contributed by atoms with van der Waals surface area (Å²) in [6, 6.07) is 6.08. The number of benzene rings is 1. The zero-order chi connectivity index (χ0) is 12.0. The molecular formula is C13H19N3. The van der Waals surface area contributed by atoms with Crippen LogP contribution in [0.15, 0.2) is 36.7 Å². The van der Waals surface area contributed by atoms with Gasteiger partial charge in [-0.2, -0.15) is 0 Å². The number of rotatable bonds is 5. The summed E-state index contributed by atoms with van der Waals surface area (Å²) >= 11 is 0. The Balaban J connectivity index is 2.74. The summed E-state index contributed by atoms with van der Waals surface area (Å²) in [5.74, 6) is 0. The fourth-order valence-corrected chi connectivity index (χ4v) is 1.50. The smallest absolute Gasteiger partial charge is 0.0560 e. The lowest BCUT2D eigenvalue weighted by atomic mass is 10.1. The molecule has 86 valence electrons. The summed E-state index contributed by atoms with van der Waals surface area (Å²) in [5, 5.41) is 6.19. The van der Waals surface area contributed by atoms with Crippen molar-refractivity contribution in [3.8, 4) is 0 Å². The molecule has 0 fully saturated rings. The highest BCUT2D eigenvalue weighted by Gasteiger charge is 2.00. The number of nitrogens with two attached hydrogens (primary N) is 1. The first-order valence-electron chi connectivity index (χ1n) is 5.26. The van der Waals surface area contributed by atoms with Crippen LogP contribution < -0.4 is 16.4 Å². The monoisotopic (exact) mass is 217 g/mol. The quantitative estimate of drug-likeness (QED) is 0.707. The molecule has 0 heterocycles. The molecule has 0 aliphatic heterocycles. The van der Waals surface area contributed by atoms with Crippen LogP contribution in [0.2, 0.25) is 0 Å². The molecule has 3 heteroatoms. The van der Waals surface area contributed by atoms with Crippen molar-refractivity contribution >= 4 is 11.8 Å². The van der Waals surface area contributed by atoms with Gasteiger partial charge in [0, 0.05) is 24.6 Å².